The molecule has 2 aromatic carbocycles. The summed E-state index contributed by atoms with van der Waals surface area (Å²) in [6, 6.07) is 15.5. The summed E-state index contributed by atoms with van der Waals surface area (Å²) in [4.78, 5) is 26.2. The molecule has 0 radical (unpaired) electrons. The summed E-state index contributed by atoms with van der Waals surface area (Å²) < 4.78 is 0. The van der Waals surface area contributed by atoms with Gasteiger partial charge < -0.3 is 0 Å². The molecule has 0 unspecified atom stereocenters. The van der Waals surface area contributed by atoms with Gasteiger partial charge in [-0.1, -0.05) is 62.2 Å². The molecule has 0 bridgehead atoms. The quantitative estimate of drug-likeness (QED) is 0.695. The molecule has 0 aromatic heterocycles. The maximum atomic E-state index is 12.4. The number of nitrogens with zero attached hydrogens (tertiary/aromatic N) is 1. The lowest BCUT2D eigenvalue weighted by Crippen LogP contribution is -2.31. The second kappa shape index (κ2) is 7.51. The number of hydrogen-bond donors (Lipinski definition) is 0. The van der Waals surface area contributed by atoms with Crippen molar-refractivity contribution in [1.82, 2.24) is 4.90 Å². The topological polar surface area (TPSA) is 37.4 Å². The number of benzene rings is 2. The van der Waals surface area contributed by atoms with Crippen molar-refractivity contribution in [2.75, 3.05) is 6.54 Å². The molecule has 1 fully saturated rings. The van der Waals surface area contributed by atoms with E-state index in [0.29, 0.717) is 30.0 Å². The van der Waals surface area contributed by atoms with Crippen LogP contribution in [0, 0.1) is 5.92 Å². The Balaban J connectivity index is 1.39. The Kier molecular flexibility index (Phi) is 4.93. The Labute approximate surface area is 160 Å². The van der Waals surface area contributed by atoms with Crippen LogP contribution in [0.5, 0.6) is 0 Å². The highest BCUT2D eigenvalue weighted by molar-refractivity contribution is 6.21. The number of hydrogen-bond acceptors (Lipinski definition) is 2. The zero-order valence-corrected chi connectivity index (χ0v) is 15.6. The maximum absolute atomic E-state index is 12.4. The molecule has 2 amide bonds. The first kappa shape index (κ1) is 17.7. The average Bonchev–Trinajstić information content (AvgIpc) is 2.97. The van der Waals surface area contributed by atoms with Gasteiger partial charge in [0.15, 0.2) is 0 Å². The molecule has 3 heteroatoms. The lowest BCUT2D eigenvalue weighted by atomic mass is 9.81. The van der Waals surface area contributed by atoms with Crippen molar-refractivity contribution in [3.8, 4) is 0 Å². The number of carbonyl (C=O) groups is 2. The fraction of sp³-hybridized carbons (Fsp3) is 0.333. The highest BCUT2D eigenvalue weighted by atomic mass is 16.2. The number of allylic oxidation sites excluding steroid dienone is 1. The van der Waals surface area contributed by atoms with Crippen molar-refractivity contribution in [2.45, 2.75) is 38.5 Å². The van der Waals surface area contributed by atoms with Gasteiger partial charge in [0.05, 0.1) is 11.1 Å². The van der Waals surface area contributed by atoms with E-state index in [1.54, 1.807) is 24.3 Å². The molecule has 1 saturated carbocycles. The van der Waals surface area contributed by atoms with Crippen LogP contribution < -0.4 is 0 Å². The summed E-state index contributed by atoms with van der Waals surface area (Å²) in [6.07, 6.45) is 7.13. The van der Waals surface area contributed by atoms with Gasteiger partial charge in [0.1, 0.15) is 0 Å². The third-order valence-electron chi connectivity index (χ3n) is 5.92. The van der Waals surface area contributed by atoms with Gasteiger partial charge in [-0.15, -0.1) is 0 Å². The first-order chi connectivity index (χ1) is 13.1. The summed E-state index contributed by atoms with van der Waals surface area (Å²) in [7, 11) is 0. The predicted octanol–water partition coefficient (Wildman–Crippen LogP) is 5.12. The molecule has 4 rings (SSSR count). The molecular weight excluding hydrogens is 334 g/mol. The molecule has 0 N–H and O–H groups in total. The summed E-state index contributed by atoms with van der Waals surface area (Å²) in [6.45, 7) is 4.74. The molecule has 0 spiro atoms. The van der Waals surface area contributed by atoms with Crippen molar-refractivity contribution in [3.05, 3.63) is 77.4 Å². The van der Waals surface area contributed by atoms with Gasteiger partial charge in [-0.25, -0.2) is 0 Å². The number of amides is 2. The molecule has 2 aliphatic rings. The van der Waals surface area contributed by atoms with Crippen LogP contribution in [0.25, 0.3) is 5.57 Å². The molecule has 2 aromatic rings. The molecule has 0 saturated heterocycles. The summed E-state index contributed by atoms with van der Waals surface area (Å²) in [5, 5.41) is 0. The van der Waals surface area contributed by atoms with Gasteiger partial charge in [0.25, 0.3) is 11.8 Å². The summed E-state index contributed by atoms with van der Waals surface area (Å²) in [5.74, 6) is 0.249. The summed E-state index contributed by atoms with van der Waals surface area (Å²) >= 11 is 0. The van der Waals surface area contributed by atoms with E-state index in [2.05, 4.69) is 30.8 Å². The van der Waals surface area contributed by atoms with Crippen molar-refractivity contribution >= 4 is 17.4 Å². The fourth-order valence-corrected chi connectivity index (χ4v) is 4.26. The van der Waals surface area contributed by atoms with E-state index in [1.807, 2.05) is 0 Å². The number of carbonyl (C=O) groups excluding carboxylic acids is 2. The molecule has 0 atom stereocenters. The third kappa shape index (κ3) is 3.46. The highest BCUT2D eigenvalue weighted by Crippen LogP contribution is 2.34. The lowest BCUT2D eigenvalue weighted by Gasteiger charge is -2.24. The Morgan fingerprint density at radius 3 is 2.07 bits per heavy atom. The van der Waals surface area contributed by atoms with Crippen molar-refractivity contribution in [3.63, 3.8) is 0 Å². The minimum absolute atomic E-state index is 0.183. The Hall–Kier alpha value is -2.68. The lowest BCUT2D eigenvalue weighted by molar-refractivity contribution is 0.0656. The van der Waals surface area contributed by atoms with E-state index in [1.165, 1.54) is 48.1 Å². The second-order valence-electron chi connectivity index (χ2n) is 7.61. The van der Waals surface area contributed by atoms with Gasteiger partial charge in [0.2, 0.25) is 0 Å². The van der Waals surface area contributed by atoms with Crippen molar-refractivity contribution < 1.29 is 9.59 Å². The molecule has 138 valence electrons. The van der Waals surface area contributed by atoms with E-state index in [-0.39, 0.29) is 11.8 Å². The Bertz CT molecular complexity index is 841. The van der Waals surface area contributed by atoms with E-state index < -0.39 is 0 Å². The average molecular weight is 359 g/mol. The van der Waals surface area contributed by atoms with Crippen LogP contribution in [0.1, 0.15) is 63.9 Å². The molecule has 1 aliphatic heterocycles. The van der Waals surface area contributed by atoms with E-state index in [4.69, 9.17) is 0 Å². The van der Waals surface area contributed by atoms with Crippen molar-refractivity contribution in [2.24, 2.45) is 5.92 Å². The molecule has 27 heavy (non-hydrogen) atoms. The van der Waals surface area contributed by atoms with Crippen LogP contribution in [0.3, 0.4) is 0 Å². The Morgan fingerprint density at radius 1 is 0.889 bits per heavy atom. The largest absolute Gasteiger partial charge is 0.274 e. The minimum atomic E-state index is -0.183. The van der Waals surface area contributed by atoms with Crippen LogP contribution in [-0.4, -0.2) is 23.3 Å². The molecule has 1 aliphatic carbocycles. The standard InChI is InChI=1S/C24H25NO2/c1-17(19-7-3-2-4-8-19)20-13-11-18(12-14-20)15-16-25-23(26)21-9-5-6-10-22(21)24(25)27/h5-6,9-14,19H,1-4,7-8,15-16H2. The first-order valence-electron chi connectivity index (χ1n) is 9.88. The van der Waals surface area contributed by atoms with Gasteiger partial charge in [-0.2, -0.15) is 0 Å². The summed E-state index contributed by atoms with van der Waals surface area (Å²) in [5.41, 5.74) is 4.63. The fourth-order valence-electron chi connectivity index (χ4n) is 4.26. The van der Waals surface area contributed by atoms with E-state index in [0.717, 1.165) is 5.56 Å². The smallest absolute Gasteiger partial charge is 0.261 e. The van der Waals surface area contributed by atoms with Crippen LogP contribution in [0.4, 0.5) is 0 Å². The number of rotatable bonds is 5. The SMILES string of the molecule is C=C(c1ccc(CCN2C(=O)c3ccccc3C2=O)cc1)C1CCCCC1. The van der Waals surface area contributed by atoms with Gasteiger partial charge >= 0.3 is 0 Å². The highest BCUT2D eigenvalue weighted by Gasteiger charge is 2.34. The molecule has 1 heterocycles. The minimum Gasteiger partial charge on any atom is -0.274 e. The van der Waals surface area contributed by atoms with E-state index >= 15 is 0 Å². The predicted molar refractivity (Wildman–Crippen MR) is 108 cm³/mol. The van der Waals surface area contributed by atoms with Crippen LogP contribution in [0.2, 0.25) is 0 Å². The zero-order chi connectivity index (χ0) is 18.8. The molecular formula is C24H25NO2. The second-order valence-corrected chi connectivity index (χ2v) is 7.61. The maximum Gasteiger partial charge on any atom is 0.261 e. The number of imide groups is 1. The van der Waals surface area contributed by atoms with E-state index in [9.17, 15) is 9.59 Å². The first-order valence-corrected chi connectivity index (χ1v) is 9.88. The Morgan fingerprint density at radius 2 is 1.48 bits per heavy atom. The zero-order valence-electron chi connectivity index (χ0n) is 15.6. The number of fused-ring (bicyclic) bond motifs is 1. The van der Waals surface area contributed by atoms with Crippen molar-refractivity contribution in [1.29, 1.82) is 0 Å². The monoisotopic (exact) mass is 359 g/mol. The van der Waals surface area contributed by atoms with Crippen LogP contribution in [0.15, 0.2) is 55.1 Å². The normalized spacial score (nSPS) is 17.3. The van der Waals surface area contributed by atoms with Gasteiger partial charge in [-0.3, -0.25) is 14.5 Å². The van der Waals surface area contributed by atoms with Crippen LogP contribution >= 0.6 is 0 Å². The molecule has 3 nitrogen and oxygen atoms in total. The van der Waals surface area contributed by atoms with Gasteiger partial charge in [0, 0.05) is 6.54 Å². The third-order valence-corrected chi connectivity index (χ3v) is 5.92. The van der Waals surface area contributed by atoms with Crippen LogP contribution in [-0.2, 0) is 6.42 Å². The van der Waals surface area contributed by atoms with Gasteiger partial charge in [-0.05, 0) is 54.0 Å².